The van der Waals surface area contributed by atoms with E-state index in [-0.39, 0.29) is 5.91 Å². The van der Waals surface area contributed by atoms with Gasteiger partial charge < -0.3 is 5.32 Å². The molecule has 2 N–H and O–H groups in total. The number of benzene rings is 1. The summed E-state index contributed by atoms with van der Waals surface area (Å²) in [5.74, 6) is 0.716. The normalized spacial score (nSPS) is 24.1. The minimum Gasteiger partial charge on any atom is -0.353 e. The molecule has 1 atom stereocenters. The summed E-state index contributed by atoms with van der Waals surface area (Å²) in [6.45, 7) is 7.89. The molecule has 0 saturated carbocycles. The van der Waals surface area contributed by atoms with Gasteiger partial charge in [-0.15, -0.1) is 0 Å². The van der Waals surface area contributed by atoms with E-state index in [4.69, 9.17) is 0 Å². The fourth-order valence-corrected chi connectivity index (χ4v) is 2.42. The van der Waals surface area contributed by atoms with E-state index < -0.39 is 5.54 Å². The Balaban J connectivity index is 2.20. The van der Waals surface area contributed by atoms with Crippen LogP contribution in [0.1, 0.15) is 31.9 Å². The first-order valence-electron chi connectivity index (χ1n) is 6.65. The molecule has 0 radical (unpaired) electrons. The highest BCUT2D eigenvalue weighted by molar-refractivity contribution is 5.88. The summed E-state index contributed by atoms with van der Waals surface area (Å²) in [5, 5.41) is 6.23. The van der Waals surface area contributed by atoms with Gasteiger partial charge in [0.25, 0.3) is 0 Å². The molecule has 1 fully saturated rings. The summed E-state index contributed by atoms with van der Waals surface area (Å²) in [4.78, 5) is 12.0. The molecule has 3 heteroatoms. The highest BCUT2D eigenvalue weighted by Crippen LogP contribution is 2.23. The topological polar surface area (TPSA) is 41.1 Å². The molecule has 0 aliphatic carbocycles. The minimum atomic E-state index is -0.589. The van der Waals surface area contributed by atoms with Gasteiger partial charge >= 0.3 is 0 Å². The van der Waals surface area contributed by atoms with E-state index >= 15 is 0 Å². The van der Waals surface area contributed by atoms with Crippen molar-refractivity contribution in [2.24, 2.45) is 5.92 Å². The first kappa shape index (κ1) is 13.1. The second kappa shape index (κ2) is 5.11. The molecule has 1 saturated heterocycles. The summed E-state index contributed by atoms with van der Waals surface area (Å²) < 4.78 is 0. The number of carbonyl (C=O) groups is 1. The van der Waals surface area contributed by atoms with Crippen molar-refractivity contribution >= 4 is 5.91 Å². The number of amides is 1. The minimum absolute atomic E-state index is 0.0605. The van der Waals surface area contributed by atoms with Gasteiger partial charge in [0.1, 0.15) is 5.54 Å². The smallest absolute Gasteiger partial charge is 0.244 e. The molecule has 1 amide bonds. The summed E-state index contributed by atoms with van der Waals surface area (Å²) >= 11 is 0. The molecule has 1 unspecified atom stereocenters. The fourth-order valence-electron chi connectivity index (χ4n) is 2.42. The molecule has 98 valence electrons. The van der Waals surface area contributed by atoms with Crippen molar-refractivity contribution in [1.29, 1.82) is 0 Å². The molecule has 1 aromatic rings. The van der Waals surface area contributed by atoms with E-state index in [1.54, 1.807) is 0 Å². The number of hydrogen-bond donors (Lipinski definition) is 2. The second-order valence-electron chi connectivity index (χ2n) is 5.60. The molecule has 1 heterocycles. The first-order chi connectivity index (χ1) is 8.52. The highest BCUT2D eigenvalue weighted by Gasteiger charge is 2.36. The van der Waals surface area contributed by atoms with E-state index in [2.05, 4.69) is 48.7 Å². The van der Waals surface area contributed by atoms with Crippen molar-refractivity contribution in [3.8, 4) is 0 Å². The highest BCUT2D eigenvalue weighted by atomic mass is 16.2. The summed E-state index contributed by atoms with van der Waals surface area (Å²) in [7, 11) is 0. The number of rotatable bonds is 3. The first-order valence-corrected chi connectivity index (χ1v) is 6.65. The van der Waals surface area contributed by atoms with E-state index in [9.17, 15) is 4.79 Å². The SMILES string of the molecule is CC(C)Cc1ccc(C2(C)NCCNC2=O)cc1. The Labute approximate surface area is 109 Å². The van der Waals surface area contributed by atoms with Crippen molar-refractivity contribution in [3.63, 3.8) is 0 Å². The van der Waals surface area contributed by atoms with Gasteiger partial charge in [0.2, 0.25) is 5.91 Å². The lowest BCUT2D eigenvalue weighted by Crippen LogP contribution is -2.59. The Kier molecular flexibility index (Phi) is 3.71. The van der Waals surface area contributed by atoms with Crippen LogP contribution < -0.4 is 10.6 Å². The lowest BCUT2D eigenvalue weighted by molar-refractivity contribution is -0.128. The number of piperazine rings is 1. The molecular weight excluding hydrogens is 224 g/mol. The third kappa shape index (κ3) is 2.56. The molecule has 18 heavy (non-hydrogen) atoms. The zero-order chi connectivity index (χ0) is 13.2. The van der Waals surface area contributed by atoms with Crippen LogP contribution in [0.4, 0.5) is 0 Å². The molecule has 1 aliphatic heterocycles. The van der Waals surface area contributed by atoms with Crippen LogP contribution in [0.5, 0.6) is 0 Å². The van der Waals surface area contributed by atoms with Crippen LogP contribution >= 0.6 is 0 Å². The van der Waals surface area contributed by atoms with E-state index in [1.165, 1.54) is 5.56 Å². The van der Waals surface area contributed by atoms with Crippen molar-refractivity contribution in [3.05, 3.63) is 35.4 Å². The van der Waals surface area contributed by atoms with Gasteiger partial charge in [-0.1, -0.05) is 38.1 Å². The Morgan fingerprint density at radius 3 is 2.44 bits per heavy atom. The standard InChI is InChI=1S/C15H22N2O/c1-11(2)10-12-4-6-13(7-5-12)15(3)14(18)16-8-9-17-15/h4-7,11,17H,8-10H2,1-3H3,(H,16,18). The van der Waals surface area contributed by atoms with E-state index in [0.29, 0.717) is 12.5 Å². The van der Waals surface area contributed by atoms with Crippen LogP contribution in [-0.4, -0.2) is 19.0 Å². The molecular formula is C15H22N2O. The van der Waals surface area contributed by atoms with Crippen LogP contribution in [0, 0.1) is 5.92 Å². The zero-order valence-electron chi connectivity index (χ0n) is 11.4. The maximum atomic E-state index is 12.0. The number of hydrogen-bond acceptors (Lipinski definition) is 2. The van der Waals surface area contributed by atoms with Crippen molar-refractivity contribution < 1.29 is 4.79 Å². The molecule has 3 nitrogen and oxygen atoms in total. The van der Waals surface area contributed by atoms with Gasteiger partial charge in [0.15, 0.2) is 0 Å². The summed E-state index contributed by atoms with van der Waals surface area (Å²) in [6.07, 6.45) is 1.08. The monoisotopic (exact) mass is 246 g/mol. The van der Waals surface area contributed by atoms with Gasteiger partial charge in [0, 0.05) is 13.1 Å². The Morgan fingerprint density at radius 1 is 1.22 bits per heavy atom. The number of nitrogens with one attached hydrogen (secondary N) is 2. The van der Waals surface area contributed by atoms with Crippen molar-refractivity contribution in [2.45, 2.75) is 32.7 Å². The quantitative estimate of drug-likeness (QED) is 0.854. The third-order valence-electron chi connectivity index (χ3n) is 3.52. The van der Waals surface area contributed by atoms with Crippen molar-refractivity contribution in [2.75, 3.05) is 13.1 Å². The Morgan fingerprint density at radius 2 is 1.89 bits per heavy atom. The van der Waals surface area contributed by atoms with E-state index in [0.717, 1.165) is 18.5 Å². The molecule has 2 rings (SSSR count). The lowest BCUT2D eigenvalue weighted by Gasteiger charge is -2.34. The predicted octanol–water partition coefficient (Wildman–Crippen LogP) is 1.82. The second-order valence-corrected chi connectivity index (χ2v) is 5.60. The summed E-state index contributed by atoms with van der Waals surface area (Å²) in [6, 6.07) is 8.39. The third-order valence-corrected chi connectivity index (χ3v) is 3.52. The van der Waals surface area contributed by atoms with E-state index in [1.807, 2.05) is 6.92 Å². The lowest BCUT2D eigenvalue weighted by atomic mass is 9.88. The Hall–Kier alpha value is -1.35. The van der Waals surface area contributed by atoms with Crippen LogP contribution in [-0.2, 0) is 16.8 Å². The molecule has 0 aromatic heterocycles. The van der Waals surface area contributed by atoms with Crippen LogP contribution in [0.2, 0.25) is 0 Å². The predicted molar refractivity (Wildman–Crippen MR) is 73.3 cm³/mol. The molecule has 0 spiro atoms. The van der Waals surface area contributed by atoms with Gasteiger partial charge in [-0.3, -0.25) is 10.1 Å². The largest absolute Gasteiger partial charge is 0.353 e. The molecule has 1 aromatic carbocycles. The average Bonchev–Trinajstić information content (AvgIpc) is 2.33. The average molecular weight is 246 g/mol. The van der Waals surface area contributed by atoms with Gasteiger partial charge in [-0.2, -0.15) is 0 Å². The zero-order valence-corrected chi connectivity index (χ0v) is 11.4. The maximum Gasteiger partial charge on any atom is 0.244 e. The van der Waals surface area contributed by atoms with Gasteiger partial charge in [-0.25, -0.2) is 0 Å². The van der Waals surface area contributed by atoms with Gasteiger partial charge in [-0.05, 0) is 30.4 Å². The van der Waals surface area contributed by atoms with Gasteiger partial charge in [0.05, 0.1) is 0 Å². The summed E-state index contributed by atoms with van der Waals surface area (Å²) in [5.41, 5.74) is 1.77. The van der Waals surface area contributed by atoms with Crippen LogP contribution in [0.15, 0.2) is 24.3 Å². The number of carbonyl (C=O) groups excluding carboxylic acids is 1. The fraction of sp³-hybridized carbons (Fsp3) is 0.533. The molecule has 1 aliphatic rings. The van der Waals surface area contributed by atoms with Crippen molar-refractivity contribution in [1.82, 2.24) is 10.6 Å². The van der Waals surface area contributed by atoms with Crippen LogP contribution in [0.3, 0.4) is 0 Å². The van der Waals surface area contributed by atoms with Crippen LogP contribution in [0.25, 0.3) is 0 Å². The Bertz CT molecular complexity index is 425. The maximum absolute atomic E-state index is 12.0. The molecule has 0 bridgehead atoms.